The molecule has 0 spiro atoms. The van der Waals surface area contributed by atoms with Crippen molar-refractivity contribution >= 4 is 23.2 Å². The van der Waals surface area contributed by atoms with Crippen molar-refractivity contribution in [2.24, 2.45) is 5.92 Å². The van der Waals surface area contributed by atoms with E-state index >= 15 is 0 Å². The lowest BCUT2D eigenvalue weighted by atomic mass is 9.90. The fourth-order valence-corrected chi connectivity index (χ4v) is 4.75. The molecule has 2 aliphatic heterocycles. The Morgan fingerprint density at radius 2 is 1.52 bits per heavy atom. The third kappa shape index (κ3) is 5.31. The number of rotatable bonds is 5. The number of hydrogen-bond donors (Lipinski definition) is 0. The van der Waals surface area contributed by atoms with E-state index in [1.54, 1.807) is 0 Å². The highest BCUT2D eigenvalue weighted by Crippen LogP contribution is 2.26. The summed E-state index contributed by atoms with van der Waals surface area (Å²) in [6, 6.07) is 18.7. The van der Waals surface area contributed by atoms with Crippen molar-refractivity contribution in [3.05, 3.63) is 65.2 Å². The molecule has 0 aliphatic carbocycles. The molecule has 0 aromatic heterocycles. The van der Waals surface area contributed by atoms with E-state index in [1.807, 2.05) is 23.1 Å². The van der Waals surface area contributed by atoms with Crippen LogP contribution >= 0.6 is 11.6 Å². The predicted molar refractivity (Wildman–Crippen MR) is 120 cm³/mol. The van der Waals surface area contributed by atoms with Gasteiger partial charge in [0.15, 0.2) is 0 Å². The molecule has 5 heteroatoms. The highest BCUT2D eigenvalue weighted by atomic mass is 35.5. The number of piperazine rings is 1. The third-order valence-electron chi connectivity index (χ3n) is 6.26. The van der Waals surface area contributed by atoms with Gasteiger partial charge in [-0.1, -0.05) is 54.1 Å². The second kappa shape index (κ2) is 9.64. The van der Waals surface area contributed by atoms with Crippen LogP contribution < -0.4 is 4.90 Å². The number of nitrogens with zero attached hydrogens (tertiary/aromatic N) is 3. The fraction of sp³-hybridized carbons (Fsp3) is 0.458. The molecule has 2 aromatic carbocycles. The van der Waals surface area contributed by atoms with Crippen LogP contribution in [0.3, 0.4) is 0 Å². The summed E-state index contributed by atoms with van der Waals surface area (Å²) in [5.74, 6) is 1.01. The van der Waals surface area contributed by atoms with Gasteiger partial charge in [0.1, 0.15) is 0 Å². The van der Waals surface area contributed by atoms with Crippen molar-refractivity contribution in [1.82, 2.24) is 9.80 Å². The molecule has 0 bridgehead atoms. The molecule has 0 unspecified atom stereocenters. The number of carbonyl (C=O) groups excluding carboxylic acids is 1. The third-order valence-corrected chi connectivity index (χ3v) is 6.58. The van der Waals surface area contributed by atoms with Crippen LogP contribution in [-0.4, -0.2) is 61.5 Å². The number of likely N-dealkylation sites (tertiary alicyclic amines) is 1. The molecule has 2 fully saturated rings. The summed E-state index contributed by atoms with van der Waals surface area (Å²) in [6.45, 7) is 5.85. The number of carbonyl (C=O) groups is 1. The first-order valence-corrected chi connectivity index (χ1v) is 11.1. The molecule has 0 saturated carbocycles. The molecule has 0 N–H and O–H groups in total. The normalized spacial score (nSPS) is 18.8. The Kier molecular flexibility index (Phi) is 6.73. The number of halogens is 1. The maximum Gasteiger partial charge on any atom is 0.236 e. The smallest absolute Gasteiger partial charge is 0.236 e. The molecule has 154 valence electrons. The monoisotopic (exact) mass is 411 g/mol. The number of benzene rings is 2. The summed E-state index contributed by atoms with van der Waals surface area (Å²) in [5, 5.41) is 0.783. The van der Waals surface area contributed by atoms with Crippen LogP contribution in [0.1, 0.15) is 18.4 Å². The molecule has 2 aromatic rings. The van der Waals surface area contributed by atoms with Crippen LogP contribution in [0.2, 0.25) is 5.02 Å². The minimum absolute atomic E-state index is 0.269. The standard InChI is InChI=1S/C24H30ClN3O/c25-22-8-4-5-9-23(22)27-14-16-28(17-15-27)24(29)19-26-12-10-21(11-13-26)18-20-6-2-1-3-7-20/h1-9,21H,10-19H2. The van der Waals surface area contributed by atoms with Gasteiger partial charge in [-0.15, -0.1) is 0 Å². The van der Waals surface area contributed by atoms with Crippen molar-refractivity contribution < 1.29 is 4.79 Å². The first-order valence-electron chi connectivity index (χ1n) is 10.7. The summed E-state index contributed by atoms with van der Waals surface area (Å²) in [7, 11) is 0. The van der Waals surface area contributed by atoms with E-state index < -0.39 is 0 Å². The Balaban J connectivity index is 1.20. The van der Waals surface area contributed by atoms with Crippen molar-refractivity contribution in [1.29, 1.82) is 0 Å². The SMILES string of the molecule is O=C(CN1CCC(Cc2ccccc2)CC1)N1CCN(c2ccccc2Cl)CC1. The van der Waals surface area contributed by atoms with Crippen LogP contribution in [0, 0.1) is 5.92 Å². The minimum atomic E-state index is 0.269. The van der Waals surface area contributed by atoms with E-state index in [9.17, 15) is 4.79 Å². The van der Waals surface area contributed by atoms with E-state index in [0.717, 1.165) is 62.3 Å². The number of anilines is 1. The average Bonchev–Trinajstić information content (AvgIpc) is 2.76. The highest BCUT2D eigenvalue weighted by Gasteiger charge is 2.26. The van der Waals surface area contributed by atoms with Gasteiger partial charge in [0.25, 0.3) is 0 Å². The van der Waals surface area contributed by atoms with Crippen molar-refractivity contribution in [2.45, 2.75) is 19.3 Å². The average molecular weight is 412 g/mol. The zero-order chi connectivity index (χ0) is 20.1. The fourth-order valence-electron chi connectivity index (χ4n) is 4.49. The van der Waals surface area contributed by atoms with Crippen LogP contribution in [0.5, 0.6) is 0 Å². The summed E-state index contributed by atoms with van der Waals surface area (Å²) < 4.78 is 0. The molecular weight excluding hydrogens is 382 g/mol. The number of amides is 1. The van der Waals surface area contributed by atoms with Gasteiger partial charge in [-0.3, -0.25) is 9.69 Å². The minimum Gasteiger partial charge on any atom is -0.367 e. The molecule has 2 heterocycles. The zero-order valence-electron chi connectivity index (χ0n) is 17.0. The van der Waals surface area contributed by atoms with E-state index in [4.69, 9.17) is 11.6 Å². The van der Waals surface area contributed by atoms with Crippen molar-refractivity contribution in [3.63, 3.8) is 0 Å². The van der Waals surface area contributed by atoms with E-state index in [-0.39, 0.29) is 5.91 Å². The maximum atomic E-state index is 12.8. The van der Waals surface area contributed by atoms with Crippen LogP contribution in [0.4, 0.5) is 5.69 Å². The molecule has 0 radical (unpaired) electrons. The Labute approximate surface area is 179 Å². The Morgan fingerprint density at radius 3 is 2.21 bits per heavy atom. The molecule has 1 amide bonds. The summed E-state index contributed by atoms with van der Waals surface area (Å²) in [6.07, 6.45) is 3.53. The lowest BCUT2D eigenvalue weighted by Crippen LogP contribution is -2.52. The van der Waals surface area contributed by atoms with Gasteiger partial charge in [0.05, 0.1) is 17.3 Å². The summed E-state index contributed by atoms with van der Waals surface area (Å²) in [4.78, 5) is 19.4. The Bertz CT molecular complexity index is 797. The van der Waals surface area contributed by atoms with Gasteiger partial charge in [-0.2, -0.15) is 0 Å². The lowest BCUT2D eigenvalue weighted by molar-refractivity contribution is -0.133. The second-order valence-electron chi connectivity index (χ2n) is 8.23. The van der Waals surface area contributed by atoms with E-state index in [0.29, 0.717) is 6.54 Å². The molecule has 2 saturated heterocycles. The first-order chi connectivity index (χ1) is 14.2. The van der Waals surface area contributed by atoms with Crippen LogP contribution in [0.15, 0.2) is 54.6 Å². The largest absolute Gasteiger partial charge is 0.367 e. The van der Waals surface area contributed by atoms with Gasteiger partial charge in [0, 0.05) is 26.2 Å². The van der Waals surface area contributed by atoms with Crippen molar-refractivity contribution in [3.8, 4) is 0 Å². The second-order valence-corrected chi connectivity index (χ2v) is 8.64. The number of hydrogen-bond acceptors (Lipinski definition) is 3. The maximum absolute atomic E-state index is 12.8. The van der Waals surface area contributed by atoms with Crippen molar-refractivity contribution in [2.75, 3.05) is 50.7 Å². The number of piperidine rings is 1. The van der Waals surface area contributed by atoms with Crippen LogP contribution in [0.25, 0.3) is 0 Å². The first kappa shape index (κ1) is 20.2. The number of para-hydroxylation sites is 1. The molecule has 29 heavy (non-hydrogen) atoms. The highest BCUT2D eigenvalue weighted by molar-refractivity contribution is 6.33. The summed E-state index contributed by atoms with van der Waals surface area (Å²) in [5.41, 5.74) is 2.50. The quantitative estimate of drug-likeness (QED) is 0.745. The van der Waals surface area contributed by atoms with E-state index in [1.165, 1.54) is 18.4 Å². The van der Waals surface area contributed by atoms with Gasteiger partial charge in [-0.25, -0.2) is 0 Å². The van der Waals surface area contributed by atoms with Crippen LogP contribution in [-0.2, 0) is 11.2 Å². The van der Waals surface area contributed by atoms with Gasteiger partial charge in [0.2, 0.25) is 5.91 Å². The van der Waals surface area contributed by atoms with Gasteiger partial charge < -0.3 is 9.80 Å². The Hall–Kier alpha value is -2.04. The topological polar surface area (TPSA) is 26.8 Å². The van der Waals surface area contributed by atoms with Gasteiger partial charge >= 0.3 is 0 Å². The lowest BCUT2D eigenvalue weighted by Gasteiger charge is -2.38. The molecule has 4 rings (SSSR count). The molecule has 2 aliphatic rings. The Morgan fingerprint density at radius 1 is 0.862 bits per heavy atom. The summed E-state index contributed by atoms with van der Waals surface area (Å²) >= 11 is 6.32. The molecular formula is C24H30ClN3O. The zero-order valence-corrected chi connectivity index (χ0v) is 17.7. The molecule has 0 atom stereocenters. The van der Waals surface area contributed by atoms with E-state index in [2.05, 4.69) is 46.2 Å². The molecule has 4 nitrogen and oxygen atoms in total. The predicted octanol–water partition coefficient (Wildman–Crippen LogP) is 3.94. The van der Waals surface area contributed by atoms with Gasteiger partial charge in [-0.05, 0) is 56.0 Å².